The number of rotatable bonds is 6. The van der Waals surface area contributed by atoms with Gasteiger partial charge in [-0.1, -0.05) is 30.3 Å². The molecular weight excluding hydrogens is 414 g/mol. The van der Waals surface area contributed by atoms with E-state index in [4.69, 9.17) is 9.73 Å². The van der Waals surface area contributed by atoms with Crippen LogP contribution in [0, 0.1) is 0 Å². The van der Waals surface area contributed by atoms with Crippen LogP contribution in [0.1, 0.15) is 25.3 Å². The van der Waals surface area contributed by atoms with Crippen LogP contribution in [-0.2, 0) is 21.3 Å². The number of benzene rings is 1. The van der Waals surface area contributed by atoms with Crippen LogP contribution >= 0.6 is 0 Å². The smallest absolute Gasteiger partial charge is 0.211 e. The normalized spacial score (nSPS) is 28.1. The fourth-order valence-corrected chi connectivity index (χ4v) is 6.17. The third-order valence-corrected chi connectivity index (χ3v) is 7.81. The quantitative estimate of drug-likeness (QED) is 0.515. The molecule has 3 aliphatic heterocycles. The number of hydrogen-bond donors (Lipinski definition) is 1. The van der Waals surface area contributed by atoms with Crippen molar-refractivity contribution in [2.75, 3.05) is 52.1 Å². The second-order valence-corrected chi connectivity index (χ2v) is 10.6. The van der Waals surface area contributed by atoms with Gasteiger partial charge in [-0.15, -0.1) is 0 Å². The molecule has 0 aromatic heterocycles. The summed E-state index contributed by atoms with van der Waals surface area (Å²) in [6.07, 6.45) is 3.24. The molecule has 31 heavy (non-hydrogen) atoms. The summed E-state index contributed by atoms with van der Waals surface area (Å²) in [4.78, 5) is 9.66. The predicted molar refractivity (Wildman–Crippen MR) is 123 cm³/mol. The van der Waals surface area contributed by atoms with Gasteiger partial charge in [0.25, 0.3) is 0 Å². The van der Waals surface area contributed by atoms with Gasteiger partial charge in [0.1, 0.15) is 0 Å². The van der Waals surface area contributed by atoms with E-state index in [9.17, 15) is 8.42 Å². The molecular formula is C22H35N5O3S. The fraction of sp³-hybridized carbons (Fsp3) is 0.682. The summed E-state index contributed by atoms with van der Waals surface area (Å²) >= 11 is 0. The summed E-state index contributed by atoms with van der Waals surface area (Å²) in [6.45, 7) is 8.23. The van der Waals surface area contributed by atoms with Crippen molar-refractivity contribution in [1.29, 1.82) is 0 Å². The van der Waals surface area contributed by atoms with Gasteiger partial charge >= 0.3 is 0 Å². The largest absolute Gasteiger partial charge is 0.373 e. The molecule has 0 spiro atoms. The van der Waals surface area contributed by atoms with Crippen LogP contribution in [0.5, 0.6) is 0 Å². The lowest BCUT2D eigenvalue weighted by molar-refractivity contribution is -0.0502. The lowest BCUT2D eigenvalue weighted by Gasteiger charge is -2.36. The summed E-state index contributed by atoms with van der Waals surface area (Å²) < 4.78 is 31.8. The highest BCUT2D eigenvalue weighted by atomic mass is 32.2. The molecule has 3 saturated heterocycles. The third kappa shape index (κ3) is 5.39. The van der Waals surface area contributed by atoms with E-state index >= 15 is 0 Å². The summed E-state index contributed by atoms with van der Waals surface area (Å²) in [5.74, 6) is 0.862. The first-order valence-corrected chi connectivity index (χ1v) is 13.2. The fourth-order valence-electron chi connectivity index (χ4n) is 4.99. The number of nitrogens with one attached hydrogen (secondary N) is 1. The van der Waals surface area contributed by atoms with Crippen molar-refractivity contribution in [1.82, 2.24) is 19.4 Å². The van der Waals surface area contributed by atoms with Crippen LogP contribution in [0.2, 0.25) is 0 Å². The summed E-state index contributed by atoms with van der Waals surface area (Å²) in [6, 6.07) is 10.9. The number of hydrogen-bond acceptors (Lipinski definition) is 5. The minimum Gasteiger partial charge on any atom is -0.373 e. The Morgan fingerprint density at radius 1 is 1.23 bits per heavy atom. The number of nitrogens with zero attached hydrogens (tertiary/aromatic N) is 4. The topological polar surface area (TPSA) is 77.5 Å². The minimum absolute atomic E-state index is 0.0423. The van der Waals surface area contributed by atoms with Gasteiger partial charge in [0.05, 0.1) is 31.6 Å². The van der Waals surface area contributed by atoms with Crippen LogP contribution in [0.4, 0.5) is 0 Å². The van der Waals surface area contributed by atoms with Gasteiger partial charge in [-0.2, -0.15) is 4.31 Å². The molecule has 2 unspecified atom stereocenters. The first-order valence-electron chi connectivity index (χ1n) is 11.4. The van der Waals surface area contributed by atoms with Crippen LogP contribution in [0.15, 0.2) is 35.3 Å². The lowest BCUT2D eigenvalue weighted by atomic mass is 10.1. The number of likely N-dealkylation sites (tertiary alicyclic amines) is 1. The highest BCUT2D eigenvalue weighted by molar-refractivity contribution is 7.88. The van der Waals surface area contributed by atoms with E-state index in [-0.39, 0.29) is 12.1 Å². The molecule has 0 radical (unpaired) electrons. The number of fused-ring (bicyclic) bond motifs is 1. The molecule has 0 bridgehead atoms. The van der Waals surface area contributed by atoms with Gasteiger partial charge in [0, 0.05) is 45.3 Å². The standard InChI is InChI=1S/C22H35N5O3S/c1-3-23-22(24-14-19-10-7-11-27(19)31(2,28)29)26-16-20-21(17-26)30-13-12-25(20)15-18-8-5-4-6-9-18/h4-6,8-9,19-21H,3,7,10-17H2,1-2H3,(H,23,24)/t19-,20?,21?/m1/s1. The monoisotopic (exact) mass is 449 g/mol. The molecule has 8 nitrogen and oxygen atoms in total. The van der Waals surface area contributed by atoms with E-state index in [1.54, 1.807) is 4.31 Å². The molecule has 0 amide bonds. The second kappa shape index (κ2) is 9.85. The Balaban J connectivity index is 1.44. The lowest BCUT2D eigenvalue weighted by Crippen LogP contribution is -2.50. The molecule has 0 aliphatic carbocycles. The van der Waals surface area contributed by atoms with Gasteiger partial charge in [0.15, 0.2) is 5.96 Å². The zero-order valence-electron chi connectivity index (χ0n) is 18.6. The number of morpholine rings is 1. The third-order valence-electron chi connectivity index (χ3n) is 6.48. The molecule has 3 fully saturated rings. The first kappa shape index (κ1) is 22.5. The zero-order chi connectivity index (χ0) is 21.8. The van der Waals surface area contributed by atoms with E-state index in [0.717, 1.165) is 58.1 Å². The number of aliphatic imine (C=N–C) groups is 1. The number of sulfonamides is 1. The summed E-state index contributed by atoms with van der Waals surface area (Å²) in [5, 5.41) is 3.41. The van der Waals surface area contributed by atoms with Crippen molar-refractivity contribution in [2.45, 2.75) is 44.5 Å². The molecule has 4 rings (SSSR count). The SMILES string of the molecule is CCNC(=NC[C@H]1CCCN1S(C)(=O)=O)N1CC2OCCN(Cc3ccccc3)C2C1. The first-order chi connectivity index (χ1) is 15.0. The van der Waals surface area contributed by atoms with Crippen molar-refractivity contribution in [2.24, 2.45) is 4.99 Å². The van der Waals surface area contributed by atoms with E-state index in [2.05, 4.69) is 52.4 Å². The summed E-state index contributed by atoms with van der Waals surface area (Å²) in [5.41, 5.74) is 1.32. The Morgan fingerprint density at radius 2 is 2.03 bits per heavy atom. The van der Waals surface area contributed by atoms with Crippen LogP contribution < -0.4 is 5.32 Å². The van der Waals surface area contributed by atoms with Crippen LogP contribution in [0.25, 0.3) is 0 Å². The molecule has 0 saturated carbocycles. The maximum atomic E-state index is 12.1. The molecule has 9 heteroatoms. The number of ether oxygens (including phenoxy) is 1. The average Bonchev–Trinajstić information content (AvgIpc) is 3.39. The van der Waals surface area contributed by atoms with Gasteiger partial charge < -0.3 is 15.0 Å². The zero-order valence-corrected chi connectivity index (χ0v) is 19.4. The highest BCUT2D eigenvalue weighted by Gasteiger charge is 2.41. The van der Waals surface area contributed by atoms with Gasteiger partial charge in [-0.3, -0.25) is 9.89 Å². The molecule has 1 aromatic rings. The Kier molecular flexibility index (Phi) is 7.15. The van der Waals surface area contributed by atoms with Crippen molar-refractivity contribution in [3.05, 3.63) is 35.9 Å². The average molecular weight is 450 g/mol. The maximum Gasteiger partial charge on any atom is 0.211 e. The molecule has 3 heterocycles. The molecule has 1 aromatic carbocycles. The Bertz CT molecular complexity index is 863. The van der Waals surface area contributed by atoms with Crippen molar-refractivity contribution in [3.63, 3.8) is 0 Å². The van der Waals surface area contributed by atoms with Crippen molar-refractivity contribution < 1.29 is 13.2 Å². The van der Waals surface area contributed by atoms with Gasteiger partial charge in [0.2, 0.25) is 10.0 Å². The van der Waals surface area contributed by atoms with E-state index in [0.29, 0.717) is 19.1 Å². The van der Waals surface area contributed by atoms with Crippen molar-refractivity contribution >= 4 is 16.0 Å². The Hall–Kier alpha value is -1.68. The van der Waals surface area contributed by atoms with Crippen LogP contribution in [0.3, 0.4) is 0 Å². The molecule has 172 valence electrons. The van der Waals surface area contributed by atoms with Gasteiger partial charge in [-0.05, 0) is 25.3 Å². The molecule has 3 atom stereocenters. The maximum absolute atomic E-state index is 12.1. The molecule has 3 aliphatic rings. The second-order valence-electron chi connectivity index (χ2n) is 8.70. The highest BCUT2D eigenvalue weighted by Crippen LogP contribution is 2.25. The van der Waals surface area contributed by atoms with E-state index in [1.807, 2.05) is 0 Å². The Morgan fingerprint density at radius 3 is 2.77 bits per heavy atom. The number of guanidine groups is 1. The minimum atomic E-state index is -3.18. The predicted octanol–water partition coefficient (Wildman–Crippen LogP) is 0.961. The molecule has 1 N–H and O–H groups in total. The van der Waals surface area contributed by atoms with E-state index in [1.165, 1.54) is 11.8 Å². The van der Waals surface area contributed by atoms with Crippen LogP contribution in [-0.4, -0.2) is 98.8 Å². The van der Waals surface area contributed by atoms with Crippen molar-refractivity contribution in [3.8, 4) is 0 Å². The van der Waals surface area contributed by atoms with E-state index < -0.39 is 10.0 Å². The Labute approximate surface area is 186 Å². The van der Waals surface area contributed by atoms with Gasteiger partial charge in [-0.25, -0.2) is 8.42 Å². The summed E-state index contributed by atoms with van der Waals surface area (Å²) in [7, 11) is -3.18.